The van der Waals surface area contributed by atoms with E-state index in [9.17, 15) is 4.79 Å². The Morgan fingerprint density at radius 1 is 1.07 bits per heavy atom. The molecule has 138 valence electrons. The Hall–Kier alpha value is -2.86. The molecule has 2 aromatic carbocycles. The zero-order chi connectivity index (χ0) is 18.5. The van der Waals surface area contributed by atoms with E-state index < -0.39 is 0 Å². The lowest BCUT2D eigenvalue weighted by molar-refractivity contribution is 0.235. The van der Waals surface area contributed by atoms with Crippen LogP contribution in [0.1, 0.15) is 23.6 Å². The fourth-order valence-electron chi connectivity index (χ4n) is 3.43. The Bertz CT molecular complexity index is 815. The summed E-state index contributed by atoms with van der Waals surface area (Å²) in [5.41, 5.74) is 2.13. The summed E-state index contributed by atoms with van der Waals surface area (Å²) < 4.78 is 0. The number of benzene rings is 2. The van der Waals surface area contributed by atoms with Crippen molar-refractivity contribution in [2.75, 3.05) is 18.0 Å². The summed E-state index contributed by atoms with van der Waals surface area (Å²) in [5, 5.41) is 9.27. The third-order valence-corrected chi connectivity index (χ3v) is 5.59. The predicted molar refractivity (Wildman–Crippen MR) is 109 cm³/mol. The topological polar surface area (TPSA) is 57.3 Å². The van der Waals surface area contributed by atoms with Crippen LogP contribution in [0.5, 0.6) is 0 Å². The highest BCUT2D eigenvalue weighted by Crippen LogP contribution is 2.23. The quantitative estimate of drug-likeness (QED) is 0.710. The van der Waals surface area contributed by atoms with Gasteiger partial charge >= 0.3 is 6.03 Å². The lowest BCUT2D eigenvalue weighted by Gasteiger charge is -2.22. The standard InChI is InChI=1S/C21H22N4OS/c26-20(23-18-11-13-25(15-18)21-22-12-14-27-21)24-19(16-7-3-1-4-8-16)17-9-5-2-6-10-17/h1-10,12,14,18-19H,11,13,15H2,(H2,23,24,26)/t18-/m1/s1. The van der Waals surface area contributed by atoms with Gasteiger partial charge in [0.2, 0.25) is 0 Å². The summed E-state index contributed by atoms with van der Waals surface area (Å²) in [6.45, 7) is 1.71. The molecule has 1 aliphatic heterocycles. The van der Waals surface area contributed by atoms with Gasteiger partial charge in [0.05, 0.1) is 6.04 Å². The molecule has 1 atom stereocenters. The minimum absolute atomic E-state index is 0.126. The van der Waals surface area contributed by atoms with Gasteiger partial charge in [0.15, 0.2) is 5.13 Å². The molecule has 0 spiro atoms. The van der Waals surface area contributed by atoms with E-state index in [0.29, 0.717) is 0 Å². The number of urea groups is 1. The third-order valence-electron chi connectivity index (χ3n) is 4.75. The van der Waals surface area contributed by atoms with E-state index in [4.69, 9.17) is 0 Å². The van der Waals surface area contributed by atoms with Crippen LogP contribution in [0.2, 0.25) is 0 Å². The normalized spacial score (nSPS) is 16.5. The van der Waals surface area contributed by atoms with Gasteiger partial charge in [-0.05, 0) is 17.5 Å². The molecule has 0 bridgehead atoms. The Labute approximate surface area is 163 Å². The van der Waals surface area contributed by atoms with Crippen LogP contribution in [-0.4, -0.2) is 30.1 Å². The van der Waals surface area contributed by atoms with Gasteiger partial charge in [0.25, 0.3) is 0 Å². The molecule has 1 aliphatic rings. The number of rotatable bonds is 5. The molecule has 1 saturated heterocycles. The zero-order valence-corrected chi connectivity index (χ0v) is 15.7. The minimum Gasteiger partial charge on any atom is -0.346 e. The van der Waals surface area contributed by atoms with Gasteiger partial charge in [-0.25, -0.2) is 9.78 Å². The minimum atomic E-state index is -0.177. The molecule has 5 nitrogen and oxygen atoms in total. The van der Waals surface area contributed by atoms with Gasteiger partial charge in [0, 0.05) is 30.7 Å². The van der Waals surface area contributed by atoms with Crippen molar-refractivity contribution in [3.63, 3.8) is 0 Å². The van der Waals surface area contributed by atoms with Crippen molar-refractivity contribution in [3.8, 4) is 0 Å². The number of anilines is 1. The summed E-state index contributed by atoms with van der Waals surface area (Å²) in [4.78, 5) is 19.3. The van der Waals surface area contributed by atoms with Crippen molar-refractivity contribution in [2.24, 2.45) is 0 Å². The number of nitrogens with zero attached hydrogens (tertiary/aromatic N) is 2. The molecule has 2 N–H and O–H groups in total. The highest BCUT2D eigenvalue weighted by atomic mass is 32.1. The van der Waals surface area contributed by atoms with Crippen molar-refractivity contribution < 1.29 is 4.79 Å². The Balaban J connectivity index is 1.42. The first-order valence-corrected chi connectivity index (χ1v) is 9.99. The summed E-state index contributed by atoms with van der Waals surface area (Å²) in [6.07, 6.45) is 2.74. The molecule has 0 unspecified atom stereocenters. The summed E-state index contributed by atoms with van der Waals surface area (Å²) in [5.74, 6) is 0. The van der Waals surface area contributed by atoms with E-state index in [1.165, 1.54) is 0 Å². The van der Waals surface area contributed by atoms with Gasteiger partial charge in [-0.2, -0.15) is 0 Å². The van der Waals surface area contributed by atoms with Gasteiger partial charge in [0.1, 0.15) is 0 Å². The van der Waals surface area contributed by atoms with Crippen LogP contribution >= 0.6 is 11.3 Å². The Morgan fingerprint density at radius 2 is 1.74 bits per heavy atom. The van der Waals surface area contributed by atoms with Crippen molar-refractivity contribution in [2.45, 2.75) is 18.5 Å². The van der Waals surface area contributed by atoms with E-state index >= 15 is 0 Å². The van der Waals surface area contributed by atoms with E-state index in [1.54, 1.807) is 11.3 Å². The van der Waals surface area contributed by atoms with E-state index in [0.717, 1.165) is 35.8 Å². The zero-order valence-electron chi connectivity index (χ0n) is 14.9. The van der Waals surface area contributed by atoms with E-state index in [1.807, 2.05) is 72.2 Å². The Kier molecular flexibility index (Phi) is 5.34. The van der Waals surface area contributed by atoms with E-state index in [2.05, 4.69) is 20.5 Å². The second kappa shape index (κ2) is 8.22. The fraction of sp³-hybridized carbons (Fsp3) is 0.238. The Morgan fingerprint density at radius 3 is 2.33 bits per heavy atom. The van der Waals surface area contributed by atoms with Crippen LogP contribution in [-0.2, 0) is 0 Å². The van der Waals surface area contributed by atoms with Crippen LogP contribution < -0.4 is 15.5 Å². The molecule has 2 amide bonds. The number of aromatic nitrogens is 1. The SMILES string of the molecule is O=C(NC(c1ccccc1)c1ccccc1)N[C@@H]1CCN(c2nccs2)C1. The van der Waals surface area contributed by atoms with Crippen LogP contribution in [0.4, 0.5) is 9.93 Å². The van der Waals surface area contributed by atoms with Crippen LogP contribution in [0, 0.1) is 0 Å². The monoisotopic (exact) mass is 378 g/mol. The number of hydrogen-bond acceptors (Lipinski definition) is 4. The number of amides is 2. The lowest BCUT2D eigenvalue weighted by Crippen LogP contribution is -2.44. The van der Waals surface area contributed by atoms with Crippen molar-refractivity contribution in [3.05, 3.63) is 83.4 Å². The first kappa shape index (κ1) is 17.5. The molecule has 1 aromatic heterocycles. The molecule has 0 aliphatic carbocycles. The molecule has 0 saturated carbocycles. The fourth-order valence-corrected chi connectivity index (χ4v) is 4.11. The number of carbonyl (C=O) groups excluding carboxylic acids is 1. The smallest absolute Gasteiger partial charge is 0.315 e. The van der Waals surface area contributed by atoms with Crippen molar-refractivity contribution >= 4 is 22.5 Å². The van der Waals surface area contributed by atoms with Crippen molar-refractivity contribution in [1.82, 2.24) is 15.6 Å². The number of hydrogen-bond donors (Lipinski definition) is 2. The first-order valence-electron chi connectivity index (χ1n) is 9.11. The van der Waals surface area contributed by atoms with Crippen LogP contribution in [0.3, 0.4) is 0 Å². The molecule has 4 rings (SSSR count). The molecule has 1 fully saturated rings. The second-order valence-corrected chi connectivity index (χ2v) is 7.49. The average Bonchev–Trinajstić information content (AvgIpc) is 3.39. The molecule has 0 radical (unpaired) electrons. The highest BCUT2D eigenvalue weighted by molar-refractivity contribution is 7.13. The third kappa shape index (κ3) is 4.28. The first-order chi connectivity index (χ1) is 13.3. The molecular formula is C21H22N4OS. The summed E-state index contributed by atoms with van der Waals surface area (Å²) in [7, 11) is 0. The maximum absolute atomic E-state index is 12.7. The molecule has 3 aromatic rings. The molecule has 6 heteroatoms. The van der Waals surface area contributed by atoms with Crippen LogP contribution in [0.15, 0.2) is 72.2 Å². The number of nitrogens with one attached hydrogen (secondary N) is 2. The summed E-state index contributed by atoms with van der Waals surface area (Å²) in [6, 6.07) is 19.9. The van der Waals surface area contributed by atoms with Gasteiger partial charge in [-0.3, -0.25) is 0 Å². The van der Waals surface area contributed by atoms with E-state index in [-0.39, 0.29) is 18.1 Å². The lowest BCUT2D eigenvalue weighted by atomic mass is 9.99. The maximum Gasteiger partial charge on any atom is 0.315 e. The number of carbonyl (C=O) groups is 1. The van der Waals surface area contributed by atoms with Gasteiger partial charge < -0.3 is 15.5 Å². The maximum atomic E-state index is 12.7. The molecule has 2 heterocycles. The predicted octanol–water partition coefficient (Wildman–Crippen LogP) is 3.81. The summed E-state index contributed by atoms with van der Waals surface area (Å²) >= 11 is 1.63. The largest absolute Gasteiger partial charge is 0.346 e. The van der Waals surface area contributed by atoms with Crippen LogP contribution in [0.25, 0.3) is 0 Å². The second-order valence-electron chi connectivity index (χ2n) is 6.62. The van der Waals surface area contributed by atoms with Crippen molar-refractivity contribution in [1.29, 1.82) is 0 Å². The molecule has 27 heavy (non-hydrogen) atoms. The molecular weight excluding hydrogens is 356 g/mol. The van der Waals surface area contributed by atoms with Gasteiger partial charge in [-0.15, -0.1) is 11.3 Å². The van der Waals surface area contributed by atoms with Gasteiger partial charge in [-0.1, -0.05) is 60.7 Å². The highest BCUT2D eigenvalue weighted by Gasteiger charge is 2.26. The number of thiazole rings is 1. The average molecular weight is 379 g/mol.